The lowest BCUT2D eigenvalue weighted by Crippen LogP contribution is -2.23. The Morgan fingerprint density at radius 2 is 2.27 bits per heavy atom. The first kappa shape index (κ1) is 16.6. The molecule has 2 rings (SSSR count). The quantitative estimate of drug-likeness (QED) is 0.783. The molecule has 0 aromatic carbocycles. The van der Waals surface area contributed by atoms with Crippen LogP contribution in [0.25, 0.3) is 5.52 Å². The summed E-state index contributed by atoms with van der Waals surface area (Å²) in [4.78, 5) is 19.2. The minimum atomic E-state index is -3.08. The Kier molecular flexibility index (Phi) is 4.94. The van der Waals surface area contributed by atoms with Gasteiger partial charge in [0.1, 0.15) is 15.9 Å². The van der Waals surface area contributed by atoms with E-state index in [9.17, 15) is 13.6 Å². The van der Waals surface area contributed by atoms with Crippen molar-refractivity contribution >= 4 is 33.2 Å². The number of hydrogen-bond donors (Lipinski definition) is 1. The molecule has 0 bridgehead atoms. The first-order valence-electron chi connectivity index (χ1n) is 6.64. The fourth-order valence-corrected chi connectivity index (χ4v) is 2.64. The molecule has 0 amide bonds. The number of fused-ring (bicyclic) bond motifs is 1. The highest BCUT2D eigenvalue weighted by Crippen LogP contribution is 2.29. The maximum atomic E-state index is 14.0. The molecule has 0 fully saturated rings. The highest BCUT2D eigenvalue weighted by molar-refractivity contribution is 9.10. The molecule has 6 nitrogen and oxygen atoms in total. The van der Waals surface area contributed by atoms with Gasteiger partial charge in [-0.05, 0) is 22.9 Å². The minimum Gasteiger partial charge on any atom is -0.466 e. The molecule has 0 atom stereocenters. The van der Waals surface area contributed by atoms with Crippen molar-refractivity contribution in [1.82, 2.24) is 14.4 Å². The molecule has 0 aliphatic rings. The summed E-state index contributed by atoms with van der Waals surface area (Å²) in [7, 11) is 0. The fourth-order valence-electron chi connectivity index (χ4n) is 2.04. The lowest BCUT2D eigenvalue weighted by Gasteiger charge is -2.15. The molecule has 0 aliphatic carbocycles. The molecule has 9 heteroatoms. The molecule has 0 saturated heterocycles. The second-order valence-corrected chi connectivity index (χ2v) is 5.44. The van der Waals surface area contributed by atoms with Gasteiger partial charge >= 0.3 is 5.97 Å². The zero-order valence-corrected chi connectivity index (χ0v) is 13.4. The summed E-state index contributed by atoms with van der Waals surface area (Å²) in [5.74, 6) is -3.37. The van der Waals surface area contributed by atoms with Crippen LogP contribution in [0.3, 0.4) is 0 Å². The number of esters is 1. The van der Waals surface area contributed by atoms with E-state index >= 15 is 0 Å². The van der Waals surface area contributed by atoms with E-state index in [0.29, 0.717) is 10.1 Å². The monoisotopic (exact) mass is 376 g/mol. The van der Waals surface area contributed by atoms with Crippen LogP contribution in [0.15, 0.2) is 17.0 Å². The summed E-state index contributed by atoms with van der Waals surface area (Å²) < 4.78 is 34.5. The topological polar surface area (TPSA) is 82.5 Å². The molecule has 2 N–H and O–H groups in total. The molecule has 22 heavy (non-hydrogen) atoms. The van der Waals surface area contributed by atoms with Crippen LogP contribution < -0.4 is 5.73 Å². The van der Waals surface area contributed by atoms with Crippen LogP contribution >= 0.6 is 15.9 Å². The van der Waals surface area contributed by atoms with Gasteiger partial charge in [0.2, 0.25) is 0 Å². The van der Waals surface area contributed by atoms with Crippen LogP contribution in [0.2, 0.25) is 0 Å². The first-order valence-corrected chi connectivity index (χ1v) is 7.43. The van der Waals surface area contributed by atoms with E-state index in [1.54, 1.807) is 6.92 Å². The van der Waals surface area contributed by atoms with Crippen molar-refractivity contribution in [3.8, 4) is 0 Å². The number of anilines is 1. The molecular weight excluding hydrogens is 362 g/mol. The van der Waals surface area contributed by atoms with Crippen molar-refractivity contribution < 1.29 is 18.3 Å². The summed E-state index contributed by atoms with van der Waals surface area (Å²) in [6.45, 7) is 1.80. The number of aromatic nitrogens is 3. The largest absolute Gasteiger partial charge is 0.466 e. The molecule has 2 heterocycles. The number of nitrogen functional groups attached to an aromatic ring is 1. The number of carbonyl (C=O) groups is 1. The average Bonchev–Trinajstić information content (AvgIpc) is 2.74. The summed E-state index contributed by atoms with van der Waals surface area (Å²) in [5.41, 5.74) is 6.16. The summed E-state index contributed by atoms with van der Waals surface area (Å²) in [5, 5.41) is 0. The smallest absolute Gasteiger partial charge is 0.305 e. The number of hydrogen-bond acceptors (Lipinski definition) is 5. The predicted molar refractivity (Wildman–Crippen MR) is 79.6 cm³/mol. The average molecular weight is 377 g/mol. The molecule has 0 radical (unpaired) electrons. The van der Waals surface area contributed by atoms with E-state index < -0.39 is 24.7 Å². The molecule has 120 valence electrons. The predicted octanol–water partition coefficient (Wildman–Crippen LogP) is 2.60. The Balaban J connectivity index is 2.16. The van der Waals surface area contributed by atoms with Crippen molar-refractivity contribution in [3.05, 3.63) is 22.8 Å². The molecule has 2 aromatic rings. The number of carbonyl (C=O) groups excluding carboxylic acids is 1. The van der Waals surface area contributed by atoms with Gasteiger partial charge in [0.05, 0.1) is 19.4 Å². The first-order chi connectivity index (χ1) is 10.3. The molecule has 0 spiro atoms. The third kappa shape index (κ3) is 3.70. The van der Waals surface area contributed by atoms with Gasteiger partial charge in [0.15, 0.2) is 5.82 Å². The van der Waals surface area contributed by atoms with Gasteiger partial charge in [-0.25, -0.2) is 18.7 Å². The van der Waals surface area contributed by atoms with E-state index in [0.717, 1.165) is 0 Å². The summed E-state index contributed by atoms with van der Waals surface area (Å²) in [6.07, 6.45) is 1.38. The Hall–Kier alpha value is -1.77. The van der Waals surface area contributed by atoms with Gasteiger partial charge < -0.3 is 10.5 Å². The van der Waals surface area contributed by atoms with Crippen molar-refractivity contribution in [2.75, 3.05) is 12.3 Å². The third-order valence-corrected chi connectivity index (χ3v) is 3.58. The zero-order valence-electron chi connectivity index (χ0n) is 11.9. The zero-order chi connectivity index (χ0) is 16.3. The molecule has 2 aromatic heterocycles. The van der Waals surface area contributed by atoms with E-state index in [2.05, 4.69) is 30.6 Å². The Labute approximate surface area is 133 Å². The number of nitrogens with zero attached hydrogens (tertiary/aromatic N) is 3. The maximum Gasteiger partial charge on any atom is 0.305 e. The van der Waals surface area contributed by atoms with E-state index in [-0.39, 0.29) is 24.7 Å². The minimum absolute atomic E-state index is 0.143. The van der Waals surface area contributed by atoms with Crippen LogP contribution in [-0.4, -0.2) is 32.9 Å². The van der Waals surface area contributed by atoms with Crippen molar-refractivity contribution in [3.63, 3.8) is 0 Å². The Bertz CT molecular complexity index is 690. The normalized spacial score (nSPS) is 11.8. The summed E-state index contributed by atoms with van der Waals surface area (Å²) >= 11 is 3.19. The Morgan fingerprint density at radius 1 is 1.55 bits per heavy atom. The SMILES string of the molecule is CCOC(=O)CCC(F)(F)Cc1nc(Br)c2c(N)nccn12. The van der Waals surface area contributed by atoms with E-state index in [4.69, 9.17) is 5.73 Å². The lowest BCUT2D eigenvalue weighted by atomic mass is 10.1. The van der Waals surface area contributed by atoms with Gasteiger partial charge in [-0.15, -0.1) is 0 Å². The van der Waals surface area contributed by atoms with Gasteiger partial charge in [-0.1, -0.05) is 0 Å². The fraction of sp³-hybridized carbons (Fsp3) is 0.462. The second-order valence-electron chi connectivity index (χ2n) is 4.69. The summed E-state index contributed by atoms with van der Waals surface area (Å²) in [6, 6.07) is 0. The number of imidazole rings is 1. The van der Waals surface area contributed by atoms with Crippen molar-refractivity contribution in [2.45, 2.75) is 32.1 Å². The van der Waals surface area contributed by atoms with E-state index in [1.807, 2.05) is 0 Å². The highest BCUT2D eigenvalue weighted by atomic mass is 79.9. The van der Waals surface area contributed by atoms with Gasteiger partial charge in [-0.3, -0.25) is 9.20 Å². The molecular formula is C13H15BrF2N4O2. The molecule has 0 saturated carbocycles. The second kappa shape index (κ2) is 6.55. The van der Waals surface area contributed by atoms with Crippen LogP contribution in [0, 0.1) is 0 Å². The lowest BCUT2D eigenvalue weighted by molar-refractivity contribution is -0.145. The van der Waals surface area contributed by atoms with Gasteiger partial charge in [0, 0.05) is 18.8 Å². The number of alkyl halides is 2. The van der Waals surface area contributed by atoms with Gasteiger partial charge in [-0.2, -0.15) is 0 Å². The number of nitrogens with two attached hydrogens (primary N) is 1. The van der Waals surface area contributed by atoms with Crippen LogP contribution in [0.5, 0.6) is 0 Å². The number of halogens is 3. The van der Waals surface area contributed by atoms with Crippen LogP contribution in [0.4, 0.5) is 14.6 Å². The molecule has 0 aliphatic heterocycles. The number of ether oxygens (including phenoxy) is 1. The Morgan fingerprint density at radius 3 is 2.95 bits per heavy atom. The standard InChI is InChI=1S/C13H15BrF2N4O2/c1-2-22-9(21)3-4-13(15,16)7-8-19-11(14)10-12(17)18-5-6-20(8)10/h5-6H,2-4,7H2,1H3,(H2,17,18). The van der Waals surface area contributed by atoms with Gasteiger partial charge in [0.25, 0.3) is 5.92 Å². The van der Waals surface area contributed by atoms with Crippen molar-refractivity contribution in [2.24, 2.45) is 0 Å². The highest BCUT2D eigenvalue weighted by Gasteiger charge is 2.32. The maximum absolute atomic E-state index is 14.0. The van der Waals surface area contributed by atoms with Crippen molar-refractivity contribution in [1.29, 1.82) is 0 Å². The van der Waals surface area contributed by atoms with Crippen LogP contribution in [0.1, 0.15) is 25.6 Å². The molecule has 0 unspecified atom stereocenters. The third-order valence-electron chi connectivity index (χ3n) is 3.03. The van der Waals surface area contributed by atoms with Crippen LogP contribution in [-0.2, 0) is 16.0 Å². The van der Waals surface area contributed by atoms with E-state index in [1.165, 1.54) is 16.8 Å². The number of rotatable bonds is 6.